The Morgan fingerprint density at radius 1 is 1.04 bits per heavy atom. The van der Waals surface area contributed by atoms with Gasteiger partial charge in [0.05, 0.1) is 12.7 Å². The molecule has 0 aromatic heterocycles. The molecule has 0 aliphatic rings. The highest BCUT2D eigenvalue weighted by Crippen LogP contribution is 2.24. The number of nitrogens with one attached hydrogen (secondary N) is 1. The van der Waals surface area contributed by atoms with Crippen LogP contribution in [0.3, 0.4) is 0 Å². The molecule has 6 heteroatoms. The maximum atomic E-state index is 13.8. The molecule has 2 aromatic carbocycles. The lowest BCUT2D eigenvalue weighted by Crippen LogP contribution is -2.37. The van der Waals surface area contributed by atoms with Crippen LogP contribution in [0.25, 0.3) is 0 Å². The number of hydrogen-bond donors (Lipinski definition) is 1. The fraction of sp³-hybridized carbons (Fsp3) is 0.350. The minimum absolute atomic E-state index is 0.145. The third-order valence-corrected chi connectivity index (χ3v) is 4.15. The molecule has 0 saturated carbocycles. The standard InChI is InChI=1S/C20H23F2NO3/c1-12(15-7-5-8-16(11-15)25-4)23-13(2)20(24)26-14(3)19-17(21)9-6-10-18(19)22/h5-14,23H,1-4H3/t12-,13-,14+/m0/s1. The Morgan fingerprint density at radius 2 is 1.65 bits per heavy atom. The average Bonchev–Trinajstić information content (AvgIpc) is 2.61. The van der Waals surface area contributed by atoms with Crippen LogP contribution in [0.1, 0.15) is 44.0 Å². The predicted molar refractivity (Wildman–Crippen MR) is 94.9 cm³/mol. The Labute approximate surface area is 152 Å². The van der Waals surface area contributed by atoms with Crippen molar-refractivity contribution in [1.29, 1.82) is 0 Å². The van der Waals surface area contributed by atoms with Gasteiger partial charge in [0.2, 0.25) is 0 Å². The van der Waals surface area contributed by atoms with Crippen molar-refractivity contribution >= 4 is 5.97 Å². The molecule has 3 atom stereocenters. The van der Waals surface area contributed by atoms with Crippen LogP contribution in [0.5, 0.6) is 5.75 Å². The first-order valence-electron chi connectivity index (χ1n) is 8.38. The number of esters is 1. The van der Waals surface area contributed by atoms with Crippen molar-refractivity contribution in [3.63, 3.8) is 0 Å². The van der Waals surface area contributed by atoms with Crippen molar-refractivity contribution in [2.75, 3.05) is 7.11 Å². The fourth-order valence-electron chi connectivity index (χ4n) is 2.68. The summed E-state index contributed by atoms with van der Waals surface area (Å²) in [5, 5.41) is 3.12. The van der Waals surface area contributed by atoms with Crippen molar-refractivity contribution in [2.24, 2.45) is 0 Å². The number of carbonyl (C=O) groups is 1. The number of halogens is 2. The molecule has 0 bridgehead atoms. The highest BCUT2D eigenvalue weighted by molar-refractivity contribution is 5.75. The van der Waals surface area contributed by atoms with Gasteiger partial charge in [0, 0.05) is 6.04 Å². The number of rotatable bonds is 7. The minimum atomic E-state index is -1.03. The predicted octanol–water partition coefficient (Wildman–Crippen LogP) is 4.32. The van der Waals surface area contributed by atoms with E-state index in [2.05, 4.69) is 5.32 Å². The fourth-order valence-corrected chi connectivity index (χ4v) is 2.68. The second-order valence-corrected chi connectivity index (χ2v) is 6.10. The number of benzene rings is 2. The molecule has 0 unspecified atom stereocenters. The van der Waals surface area contributed by atoms with Crippen LogP contribution in [0.2, 0.25) is 0 Å². The Hall–Kier alpha value is -2.47. The largest absolute Gasteiger partial charge is 0.497 e. The lowest BCUT2D eigenvalue weighted by Gasteiger charge is -2.22. The lowest BCUT2D eigenvalue weighted by molar-refractivity contribution is -0.151. The third-order valence-electron chi connectivity index (χ3n) is 4.15. The molecular weight excluding hydrogens is 340 g/mol. The summed E-state index contributed by atoms with van der Waals surface area (Å²) >= 11 is 0. The molecule has 4 nitrogen and oxygen atoms in total. The zero-order valence-electron chi connectivity index (χ0n) is 15.3. The van der Waals surface area contributed by atoms with Crippen LogP contribution < -0.4 is 10.1 Å². The summed E-state index contributed by atoms with van der Waals surface area (Å²) in [4.78, 5) is 12.3. The van der Waals surface area contributed by atoms with E-state index in [4.69, 9.17) is 9.47 Å². The Bertz CT molecular complexity index is 746. The molecule has 2 rings (SSSR count). The first-order chi connectivity index (χ1) is 12.3. The quantitative estimate of drug-likeness (QED) is 0.745. The van der Waals surface area contributed by atoms with Gasteiger partial charge in [0.1, 0.15) is 29.5 Å². The maximum absolute atomic E-state index is 13.8. The van der Waals surface area contributed by atoms with Gasteiger partial charge < -0.3 is 9.47 Å². The monoisotopic (exact) mass is 363 g/mol. The molecule has 2 aromatic rings. The summed E-state index contributed by atoms with van der Waals surface area (Å²) in [5.41, 5.74) is 0.686. The minimum Gasteiger partial charge on any atom is -0.497 e. The first-order valence-corrected chi connectivity index (χ1v) is 8.38. The SMILES string of the molecule is COc1cccc([C@H](C)N[C@@H](C)C(=O)O[C@H](C)c2c(F)cccc2F)c1. The first kappa shape index (κ1) is 19.8. The van der Waals surface area contributed by atoms with Crippen LogP contribution in [0, 0.1) is 11.6 Å². The molecular formula is C20H23F2NO3. The summed E-state index contributed by atoms with van der Waals surface area (Å²) in [6.07, 6.45) is -1.03. The van der Waals surface area contributed by atoms with Crippen molar-refractivity contribution in [3.05, 3.63) is 65.2 Å². The van der Waals surface area contributed by atoms with E-state index in [1.807, 2.05) is 31.2 Å². The van der Waals surface area contributed by atoms with Gasteiger partial charge in [-0.25, -0.2) is 8.78 Å². The Balaban J connectivity index is 2.00. The van der Waals surface area contributed by atoms with Gasteiger partial charge in [-0.1, -0.05) is 18.2 Å². The summed E-state index contributed by atoms with van der Waals surface area (Å²) in [6.45, 7) is 4.99. The molecule has 0 aliphatic heterocycles. The van der Waals surface area contributed by atoms with Crippen molar-refractivity contribution < 1.29 is 23.0 Å². The van der Waals surface area contributed by atoms with Gasteiger partial charge in [-0.05, 0) is 50.6 Å². The molecule has 0 heterocycles. The molecule has 0 spiro atoms. The van der Waals surface area contributed by atoms with Crippen molar-refractivity contribution in [1.82, 2.24) is 5.32 Å². The van der Waals surface area contributed by atoms with Crippen LogP contribution in [-0.4, -0.2) is 19.1 Å². The molecule has 140 valence electrons. The molecule has 0 aliphatic carbocycles. The molecule has 1 N–H and O–H groups in total. The Kier molecular flexibility index (Phi) is 6.69. The second kappa shape index (κ2) is 8.76. The number of ether oxygens (including phenoxy) is 2. The van der Waals surface area contributed by atoms with Crippen LogP contribution in [-0.2, 0) is 9.53 Å². The number of carbonyl (C=O) groups excluding carboxylic acids is 1. The highest BCUT2D eigenvalue weighted by atomic mass is 19.1. The van der Waals surface area contributed by atoms with Crippen LogP contribution in [0.4, 0.5) is 8.78 Å². The van der Waals surface area contributed by atoms with Gasteiger partial charge in [-0.3, -0.25) is 10.1 Å². The maximum Gasteiger partial charge on any atom is 0.323 e. The van der Waals surface area contributed by atoms with Gasteiger partial charge in [0.15, 0.2) is 0 Å². The lowest BCUT2D eigenvalue weighted by atomic mass is 10.1. The van der Waals surface area contributed by atoms with E-state index in [9.17, 15) is 13.6 Å². The van der Waals surface area contributed by atoms with E-state index >= 15 is 0 Å². The van der Waals surface area contributed by atoms with E-state index < -0.39 is 29.7 Å². The average molecular weight is 363 g/mol. The van der Waals surface area contributed by atoms with Crippen LogP contribution >= 0.6 is 0 Å². The zero-order valence-corrected chi connectivity index (χ0v) is 15.3. The summed E-state index contributed by atoms with van der Waals surface area (Å²) in [7, 11) is 1.58. The summed E-state index contributed by atoms with van der Waals surface area (Å²) < 4.78 is 38.0. The van der Waals surface area contributed by atoms with Gasteiger partial charge in [-0.15, -0.1) is 0 Å². The van der Waals surface area contributed by atoms with E-state index in [0.717, 1.165) is 23.4 Å². The normalized spacial score (nSPS) is 14.4. The smallest absolute Gasteiger partial charge is 0.323 e. The van der Waals surface area contributed by atoms with E-state index in [0.29, 0.717) is 0 Å². The Morgan fingerprint density at radius 3 is 2.27 bits per heavy atom. The molecule has 0 fully saturated rings. The van der Waals surface area contributed by atoms with Crippen LogP contribution in [0.15, 0.2) is 42.5 Å². The van der Waals surface area contributed by atoms with Gasteiger partial charge >= 0.3 is 5.97 Å². The third kappa shape index (κ3) is 4.79. The molecule has 0 radical (unpaired) electrons. The molecule has 0 amide bonds. The van der Waals surface area contributed by atoms with Crippen molar-refractivity contribution in [3.8, 4) is 5.75 Å². The summed E-state index contributed by atoms with van der Waals surface area (Å²) in [6, 6.07) is 10.2. The zero-order chi connectivity index (χ0) is 19.3. The highest BCUT2D eigenvalue weighted by Gasteiger charge is 2.24. The second-order valence-electron chi connectivity index (χ2n) is 6.10. The van der Waals surface area contributed by atoms with Crippen molar-refractivity contribution in [2.45, 2.75) is 39.0 Å². The number of hydrogen-bond acceptors (Lipinski definition) is 4. The van der Waals surface area contributed by atoms with Gasteiger partial charge in [-0.2, -0.15) is 0 Å². The molecule has 26 heavy (non-hydrogen) atoms. The number of methoxy groups -OCH3 is 1. The van der Waals surface area contributed by atoms with E-state index in [-0.39, 0.29) is 11.6 Å². The van der Waals surface area contributed by atoms with Gasteiger partial charge in [0.25, 0.3) is 0 Å². The van der Waals surface area contributed by atoms with E-state index in [1.165, 1.54) is 13.0 Å². The van der Waals surface area contributed by atoms with E-state index in [1.54, 1.807) is 14.0 Å². The summed E-state index contributed by atoms with van der Waals surface area (Å²) in [5.74, 6) is -1.35. The topological polar surface area (TPSA) is 47.6 Å². The molecule has 0 saturated heterocycles.